The summed E-state index contributed by atoms with van der Waals surface area (Å²) < 4.78 is 5.25. The molecule has 1 saturated heterocycles. The van der Waals surface area contributed by atoms with Crippen LogP contribution in [0.15, 0.2) is 0 Å². The summed E-state index contributed by atoms with van der Waals surface area (Å²) in [4.78, 5) is 2.32. The van der Waals surface area contributed by atoms with E-state index < -0.39 is 0 Å². The van der Waals surface area contributed by atoms with Crippen LogP contribution in [0, 0.1) is 0 Å². The second kappa shape index (κ2) is 4.70. The van der Waals surface area contributed by atoms with E-state index in [1.807, 2.05) is 0 Å². The van der Waals surface area contributed by atoms with Crippen LogP contribution in [0.5, 0.6) is 0 Å². The third-order valence-corrected chi connectivity index (χ3v) is 2.22. The van der Waals surface area contributed by atoms with Gasteiger partial charge in [-0.3, -0.25) is 0 Å². The molecule has 0 spiro atoms. The molecule has 0 bridgehead atoms. The standard InChI is InChI=1S/C8H17NO2/c1-9-4-2-3-8(9)7-11-6-5-10/h8,10H,2-7H2,1H3/t8-/m1/s1. The van der Waals surface area contributed by atoms with Crippen LogP contribution in [0.25, 0.3) is 0 Å². The molecule has 0 aliphatic carbocycles. The van der Waals surface area contributed by atoms with Gasteiger partial charge in [0.15, 0.2) is 0 Å². The molecule has 0 radical (unpaired) electrons. The zero-order valence-corrected chi connectivity index (χ0v) is 7.12. The zero-order valence-electron chi connectivity index (χ0n) is 7.12. The molecule has 0 unspecified atom stereocenters. The molecular weight excluding hydrogens is 142 g/mol. The number of hydrogen-bond acceptors (Lipinski definition) is 3. The van der Waals surface area contributed by atoms with Crippen molar-refractivity contribution < 1.29 is 9.84 Å². The van der Waals surface area contributed by atoms with Gasteiger partial charge in [0, 0.05) is 6.04 Å². The summed E-state index contributed by atoms with van der Waals surface area (Å²) in [5.74, 6) is 0. The van der Waals surface area contributed by atoms with Crippen molar-refractivity contribution in [1.29, 1.82) is 0 Å². The van der Waals surface area contributed by atoms with Crippen LogP contribution in [-0.2, 0) is 4.74 Å². The molecule has 0 saturated carbocycles. The Morgan fingerprint density at radius 3 is 3.00 bits per heavy atom. The van der Waals surface area contributed by atoms with Crippen molar-refractivity contribution in [3.8, 4) is 0 Å². The predicted molar refractivity (Wildman–Crippen MR) is 43.6 cm³/mol. The van der Waals surface area contributed by atoms with E-state index >= 15 is 0 Å². The Hall–Kier alpha value is -0.120. The number of rotatable bonds is 4. The number of aliphatic hydroxyl groups excluding tert-OH is 1. The van der Waals surface area contributed by atoms with Crippen molar-refractivity contribution in [3.05, 3.63) is 0 Å². The summed E-state index contributed by atoms with van der Waals surface area (Å²) in [5, 5.41) is 8.47. The highest BCUT2D eigenvalue weighted by Crippen LogP contribution is 2.14. The van der Waals surface area contributed by atoms with Gasteiger partial charge in [0.1, 0.15) is 0 Å². The first-order valence-corrected chi connectivity index (χ1v) is 4.23. The monoisotopic (exact) mass is 159 g/mol. The summed E-state index contributed by atoms with van der Waals surface area (Å²) >= 11 is 0. The molecule has 1 fully saturated rings. The highest BCUT2D eigenvalue weighted by Gasteiger charge is 2.20. The number of ether oxygens (including phenoxy) is 1. The fourth-order valence-corrected chi connectivity index (χ4v) is 1.47. The largest absolute Gasteiger partial charge is 0.394 e. The number of likely N-dealkylation sites (tertiary alicyclic amines) is 1. The average molecular weight is 159 g/mol. The van der Waals surface area contributed by atoms with Crippen LogP contribution in [-0.4, -0.2) is 49.5 Å². The molecule has 3 heteroatoms. The van der Waals surface area contributed by atoms with Crippen LogP contribution in [0.3, 0.4) is 0 Å². The first-order valence-electron chi connectivity index (χ1n) is 4.23. The molecule has 1 N–H and O–H groups in total. The van der Waals surface area contributed by atoms with Crippen LogP contribution in [0.2, 0.25) is 0 Å². The van der Waals surface area contributed by atoms with E-state index in [4.69, 9.17) is 9.84 Å². The number of aliphatic hydroxyl groups is 1. The molecule has 66 valence electrons. The van der Waals surface area contributed by atoms with E-state index in [1.165, 1.54) is 19.4 Å². The molecular formula is C8H17NO2. The van der Waals surface area contributed by atoms with Gasteiger partial charge in [0.2, 0.25) is 0 Å². The first-order chi connectivity index (χ1) is 5.34. The molecule has 1 rings (SSSR count). The van der Waals surface area contributed by atoms with E-state index in [-0.39, 0.29) is 6.61 Å². The smallest absolute Gasteiger partial charge is 0.0698 e. The molecule has 3 nitrogen and oxygen atoms in total. The Bertz CT molecular complexity index is 108. The van der Waals surface area contributed by atoms with Crippen molar-refractivity contribution in [3.63, 3.8) is 0 Å². The van der Waals surface area contributed by atoms with Gasteiger partial charge in [-0.25, -0.2) is 0 Å². The van der Waals surface area contributed by atoms with Crippen molar-refractivity contribution in [1.82, 2.24) is 4.90 Å². The van der Waals surface area contributed by atoms with Gasteiger partial charge in [-0.15, -0.1) is 0 Å². The number of hydrogen-bond donors (Lipinski definition) is 1. The van der Waals surface area contributed by atoms with Gasteiger partial charge in [-0.05, 0) is 26.4 Å². The van der Waals surface area contributed by atoms with Gasteiger partial charge in [-0.2, -0.15) is 0 Å². The van der Waals surface area contributed by atoms with Crippen molar-refractivity contribution in [2.24, 2.45) is 0 Å². The fraction of sp³-hybridized carbons (Fsp3) is 1.00. The Morgan fingerprint density at radius 1 is 1.64 bits per heavy atom. The third kappa shape index (κ3) is 2.77. The van der Waals surface area contributed by atoms with E-state index in [0.29, 0.717) is 12.6 Å². The zero-order chi connectivity index (χ0) is 8.10. The van der Waals surface area contributed by atoms with E-state index in [1.54, 1.807) is 0 Å². The summed E-state index contributed by atoms with van der Waals surface area (Å²) in [7, 11) is 2.12. The Morgan fingerprint density at radius 2 is 2.45 bits per heavy atom. The van der Waals surface area contributed by atoms with Gasteiger partial charge in [0.25, 0.3) is 0 Å². The quantitative estimate of drug-likeness (QED) is 0.590. The lowest BCUT2D eigenvalue weighted by Gasteiger charge is -2.18. The number of nitrogens with zero attached hydrogens (tertiary/aromatic N) is 1. The molecule has 0 amide bonds. The van der Waals surface area contributed by atoms with Gasteiger partial charge >= 0.3 is 0 Å². The van der Waals surface area contributed by atoms with Gasteiger partial charge in [0.05, 0.1) is 19.8 Å². The van der Waals surface area contributed by atoms with Crippen molar-refractivity contribution in [2.75, 3.05) is 33.4 Å². The maximum absolute atomic E-state index is 8.47. The topological polar surface area (TPSA) is 32.7 Å². The summed E-state index contributed by atoms with van der Waals surface area (Å²) in [6, 6.07) is 0.585. The minimum Gasteiger partial charge on any atom is -0.394 e. The lowest BCUT2D eigenvalue weighted by Crippen LogP contribution is -2.29. The fourth-order valence-electron chi connectivity index (χ4n) is 1.47. The maximum atomic E-state index is 8.47. The maximum Gasteiger partial charge on any atom is 0.0698 e. The minimum atomic E-state index is 0.135. The molecule has 0 aromatic carbocycles. The summed E-state index contributed by atoms with van der Waals surface area (Å²) in [6.07, 6.45) is 2.52. The third-order valence-electron chi connectivity index (χ3n) is 2.22. The molecule has 1 heterocycles. The molecule has 0 aromatic rings. The molecule has 1 aliphatic heterocycles. The number of likely N-dealkylation sites (N-methyl/N-ethyl adjacent to an activating group) is 1. The predicted octanol–water partition coefficient (Wildman–Crippen LogP) is 0.0895. The molecule has 1 atom stereocenters. The highest BCUT2D eigenvalue weighted by molar-refractivity contribution is 4.75. The second-order valence-corrected chi connectivity index (χ2v) is 3.08. The highest BCUT2D eigenvalue weighted by atomic mass is 16.5. The van der Waals surface area contributed by atoms with Crippen molar-refractivity contribution >= 4 is 0 Å². The van der Waals surface area contributed by atoms with E-state index in [0.717, 1.165) is 6.61 Å². The van der Waals surface area contributed by atoms with Crippen molar-refractivity contribution in [2.45, 2.75) is 18.9 Å². The molecule has 11 heavy (non-hydrogen) atoms. The summed E-state index contributed by atoms with van der Waals surface area (Å²) in [6.45, 7) is 2.57. The molecule has 0 aromatic heterocycles. The second-order valence-electron chi connectivity index (χ2n) is 3.08. The average Bonchev–Trinajstić information content (AvgIpc) is 2.37. The van der Waals surface area contributed by atoms with Crippen LogP contribution in [0.1, 0.15) is 12.8 Å². The Kier molecular flexibility index (Phi) is 3.83. The van der Waals surface area contributed by atoms with Crippen LogP contribution in [0.4, 0.5) is 0 Å². The summed E-state index contributed by atoms with van der Waals surface area (Å²) in [5.41, 5.74) is 0. The SMILES string of the molecule is CN1CCC[C@@H]1COCCO. The van der Waals surface area contributed by atoms with Crippen LogP contribution >= 0.6 is 0 Å². The van der Waals surface area contributed by atoms with Gasteiger partial charge < -0.3 is 14.7 Å². The first kappa shape index (κ1) is 8.97. The lowest BCUT2D eigenvalue weighted by atomic mass is 10.2. The van der Waals surface area contributed by atoms with Gasteiger partial charge in [-0.1, -0.05) is 0 Å². The van der Waals surface area contributed by atoms with E-state index in [2.05, 4.69) is 11.9 Å². The van der Waals surface area contributed by atoms with Crippen LogP contribution < -0.4 is 0 Å². The molecule has 1 aliphatic rings. The van der Waals surface area contributed by atoms with E-state index in [9.17, 15) is 0 Å². The lowest BCUT2D eigenvalue weighted by molar-refractivity contribution is 0.0593. The Balaban J connectivity index is 2.05. The Labute approximate surface area is 68.0 Å². The minimum absolute atomic E-state index is 0.135. The normalized spacial score (nSPS) is 26.2.